The molecule has 0 heterocycles. The summed E-state index contributed by atoms with van der Waals surface area (Å²) in [6.45, 7) is 6.88. The Hall–Kier alpha value is -0.630. The molecule has 21 heavy (non-hydrogen) atoms. The van der Waals surface area contributed by atoms with Gasteiger partial charge in [-0.25, -0.2) is 4.39 Å². The summed E-state index contributed by atoms with van der Waals surface area (Å²) >= 11 is 1.77. The Bertz CT molecular complexity index is 534. The van der Waals surface area contributed by atoms with Crippen LogP contribution in [0.5, 0.6) is 0 Å². The number of hydrogen-bond donors (Lipinski definition) is 2. The Kier molecular flexibility index (Phi) is 6.22. The van der Waals surface area contributed by atoms with Crippen molar-refractivity contribution in [2.75, 3.05) is 0 Å². The van der Waals surface area contributed by atoms with E-state index in [1.807, 2.05) is 0 Å². The summed E-state index contributed by atoms with van der Waals surface area (Å²) in [5.74, 6) is -1.57. The molecule has 0 spiro atoms. The lowest BCUT2D eigenvalue weighted by Crippen LogP contribution is -2.42. The van der Waals surface area contributed by atoms with Gasteiger partial charge in [-0.2, -0.15) is 0 Å². The van der Waals surface area contributed by atoms with Gasteiger partial charge in [0.05, 0.1) is 12.5 Å². The third kappa shape index (κ3) is 5.25. The van der Waals surface area contributed by atoms with E-state index in [-0.39, 0.29) is 12.0 Å². The zero-order chi connectivity index (χ0) is 16.4. The van der Waals surface area contributed by atoms with E-state index >= 15 is 0 Å². The molecule has 1 aromatic carbocycles. The second-order valence-electron chi connectivity index (χ2n) is 5.78. The molecule has 0 bridgehead atoms. The van der Waals surface area contributed by atoms with Crippen molar-refractivity contribution in [2.45, 2.75) is 44.9 Å². The van der Waals surface area contributed by atoms with Gasteiger partial charge in [0, 0.05) is 21.4 Å². The van der Waals surface area contributed by atoms with Crippen LogP contribution >= 0.6 is 15.9 Å². The molecule has 7 heteroatoms. The van der Waals surface area contributed by atoms with E-state index in [9.17, 15) is 13.7 Å². The van der Waals surface area contributed by atoms with Crippen LogP contribution in [0.2, 0.25) is 0 Å². The SMILES string of the molecule is Cc1cc(Br)cc(C(CC(=O)O)N[S@+]([O-])C(C)(C)C)c1F. The molecule has 1 rings (SSSR count). The first-order valence-electron chi connectivity index (χ1n) is 6.37. The van der Waals surface area contributed by atoms with Crippen molar-refractivity contribution < 1.29 is 18.8 Å². The number of carboxylic acid groups (broad SMARTS) is 1. The molecular formula is C14H19BrFNO3S. The molecule has 1 aromatic rings. The number of aliphatic carboxylic acids is 1. The summed E-state index contributed by atoms with van der Waals surface area (Å²) in [7, 11) is 0. The molecule has 0 aliphatic heterocycles. The quantitative estimate of drug-likeness (QED) is 0.768. The number of aryl methyl sites for hydroxylation is 1. The van der Waals surface area contributed by atoms with Crippen molar-refractivity contribution in [1.82, 2.24) is 4.72 Å². The van der Waals surface area contributed by atoms with Crippen molar-refractivity contribution in [2.24, 2.45) is 0 Å². The number of rotatable bonds is 5. The van der Waals surface area contributed by atoms with Gasteiger partial charge in [0.25, 0.3) is 0 Å². The highest BCUT2D eigenvalue weighted by Crippen LogP contribution is 2.29. The van der Waals surface area contributed by atoms with Crippen LogP contribution in [0.4, 0.5) is 4.39 Å². The molecule has 2 N–H and O–H groups in total. The molecule has 0 saturated heterocycles. The minimum Gasteiger partial charge on any atom is -0.598 e. The zero-order valence-electron chi connectivity index (χ0n) is 12.4. The fourth-order valence-corrected chi connectivity index (χ4v) is 3.11. The van der Waals surface area contributed by atoms with E-state index < -0.39 is 33.9 Å². The van der Waals surface area contributed by atoms with Crippen LogP contribution in [-0.2, 0) is 16.2 Å². The Morgan fingerprint density at radius 1 is 1.52 bits per heavy atom. The number of hydrogen-bond acceptors (Lipinski definition) is 3. The van der Waals surface area contributed by atoms with Gasteiger partial charge < -0.3 is 9.66 Å². The fraction of sp³-hybridized carbons (Fsp3) is 0.500. The fourth-order valence-electron chi connectivity index (χ4n) is 1.70. The lowest BCUT2D eigenvalue weighted by Gasteiger charge is -2.28. The third-order valence-electron chi connectivity index (χ3n) is 2.81. The first-order chi connectivity index (χ1) is 9.52. The number of halogens is 2. The second-order valence-corrected chi connectivity index (χ2v) is 8.69. The first-order valence-corrected chi connectivity index (χ1v) is 8.32. The van der Waals surface area contributed by atoms with Gasteiger partial charge in [0.2, 0.25) is 0 Å². The molecule has 0 radical (unpaired) electrons. The highest BCUT2D eigenvalue weighted by atomic mass is 79.9. The monoisotopic (exact) mass is 379 g/mol. The van der Waals surface area contributed by atoms with E-state index in [0.717, 1.165) is 0 Å². The highest BCUT2D eigenvalue weighted by molar-refractivity contribution is 9.10. The molecular weight excluding hydrogens is 361 g/mol. The maximum absolute atomic E-state index is 14.3. The average Bonchev–Trinajstić information content (AvgIpc) is 2.31. The van der Waals surface area contributed by atoms with Gasteiger partial charge in [-0.15, -0.1) is 4.72 Å². The molecule has 0 aliphatic rings. The normalized spacial score (nSPS) is 14.8. The van der Waals surface area contributed by atoms with Crippen LogP contribution in [0.15, 0.2) is 16.6 Å². The standard InChI is InChI=1S/C14H19BrFNO3S/c1-8-5-9(15)6-10(13(8)16)11(7-12(18)19)17-21(20)14(2,3)4/h5-6,11,17H,7H2,1-4H3,(H,18,19)/t11?,21-/m1/s1. The highest BCUT2D eigenvalue weighted by Gasteiger charge is 2.32. The van der Waals surface area contributed by atoms with Crippen LogP contribution in [0.1, 0.15) is 44.4 Å². The van der Waals surface area contributed by atoms with Gasteiger partial charge in [-0.3, -0.25) is 4.79 Å². The minimum absolute atomic E-state index is 0.196. The van der Waals surface area contributed by atoms with Crippen molar-refractivity contribution in [3.8, 4) is 0 Å². The summed E-state index contributed by atoms with van der Waals surface area (Å²) < 4.78 is 29.3. The summed E-state index contributed by atoms with van der Waals surface area (Å²) in [6, 6.07) is 2.26. The Balaban J connectivity index is 3.17. The van der Waals surface area contributed by atoms with Crippen LogP contribution < -0.4 is 4.72 Å². The van der Waals surface area contributed by atoms with Crippen LogP contribution in [-0.4, -0.2) is 20.4 Å². The maximum atomic E-state index is 14.3. The molecule has 118 valence electrons. The third-order valence-corrected chi connectivity index (χ3v) is 4.88. The van der Waals surface area contributed by atoms with E-state index in [4.69, 9.17) is 5.11 Å². The summed E-state index contributed by atoms with van der Waals surface area (Å²) in [5.41, 5.74) is 0.597. The molecule has 2 atom stereocenters. The summed E-state index contributed by atoms with van der Waals surface area (Å²) in [6.07, 6.45) is -0.353. The van der Waals surface area contributed by atoms with Crippen LogP contribution in [0.3, 0.4) is 0 Å². The second kappa shape index (κ2) is 7.09. The number of benzene rings is 1. The van der Waals surface area contributed by atoms with Crippen LogP contribution in [0, 0.1) is 12.7 Å². The van der Waals surface area contributed by atoms with Gasteiger partial charge >= 0.3 is 5.97 Å². The maximum Gasteiger partial charge on any atom is 0.305 e. The molecule has 0 saturated carbocycles. The predicted molar refractivity (Wildman–Crippen MR) is 84.9 cm³/mol. The molecule has 0 aliphatic carbocycles. The topological polar surface area (TPSA) is 72.4 Å². The Labute approximate surface area is 135 Å². The Morgan fingerprint density at radius 3 is 2.57 bits per heavy atom. The number of nitrogens with one attached hydrogen (secondary N) is 1. The summed E-state index contributed by atoms with van der Waals surface area (Å²) in [5, 5.41) is 9.02. The number of carbonyl (C=O) groups is 1. The van der Waals surface area contributed by atoms with E-state index in [1.54, 1.807) is 33.8 Å². The lowest BCUT2D eigenvalue weighted by molar-refractivity contribution is -0.137. The van der Waals surface area contributed by atoms with Gasteiger partial charge in [0.1, 0.15) is 10.6 Å². The zero-order valence-corrected chi connectivity index (χ0v) is 14.8. The molecule has 0 amide bonds. The van der Waals surface area contributed by atoms with Crippen molar-refractivity contribution in [1.29, 1.82) is 0 Å². The number of carboxylic acids is 1. The molecule has 1 unspecified atom stereocenters. The van der Waals surface area contributed by atoms with Crippen molar-refractivity contribution in [3.05, 3.63) is 33.5 Å². The predicted octanol–water partition coefficient (Wildman–Crippen LogP) is 3.46. The van der Waals surface area contributed by atoms with Crippen molar-refractivity contribution in [3.63, 3.8) is 0 Å². The Morgan fingerprint density at radius 2 is 2.10 bits per heavy atom. The first kappa shape index (κ1) is 18.4. The van der Waals surface area contributed by atoms with E-state index in [0.29, 0.717) is 10.0 Å². The van der Waals surface area contributed by atoms with Gasteiger partial charge in [-0.1, -0.05) is 15.9 Å². The van der Waals surface area contributed by atoms with Crippen molar-refractivity contribution >= 4 is 33.3 Å². The van der Waals surface area contributed by atoms with Gasteiger partial charge in [-0.05, 0) is 45.4 Å². The van der Waals surface area contributed by atoms with E-state index in [2.05, 4.69) is 20.7 Å². The molecule has 0 fully saturated rings. The average molecular weight is 380 g/mol. The lowest BCUT2D eigenvalue weighted by atomic mass is 10.0. The van der Waals surface area contributed by atoms with Gasteiger partial charge in [0.15, 0.2) is 0 Å². The summed E-state index contributed by atoms with van der Waals surface area (Å²) in [4.78, 5) is 11.0. The minimum atomic E-state index is -1.50. The van der Waals surface area contributed by atoms with E-state index in [1.165, 1.54) is 6.07 Å². The molecule has 0 aromatic heterocycles. The molecule has 4 nitrogen and oxygen atoms in total. The van der Waals surface area contributed by atoms with Crippen LogP contribution in [0.25, 0.3) is 0 Å². The largest absolute Gasteiger partial charge is 0.598 e. The smallest absolute Gasteiger partial charge is 0.305 e.